The normalized spacial score (nSPS) is 9.44. The number of hydrogen-bond acceptors (Lipinski definition) is 2. The van der Waals surface area contributed by atoms with E-state index < -0.39 is 0 Å². The topological polar surface area (TPSA) is 55.1 Å². The zero-order valence-corrected chi connectivity index (χ0v) is 9.20. The molecule has 3 nitrogen and oxygen atoms in total. The Hall–Kier alpha value is -1.95. The van der Waals surface area contributed by atoms with Crippen LogP contribution >= 0.6 is 0 Å². The van der Waals surface area contributed by atoms with Gasteiger partial charge in [-0.1, -0.05) is 12.1 Å². The summed E-state index contributed by atoms with van der Waals surface area (Å²) in [4.78, 5) is 11.7. The number of nitrogens with two attached hydrogens (primary N) is 1. The number of para-hydroxylation sites is 1. The summed E-state index contributed by atoms with van der Waals surface area (Å²) < 4.78 is 0. The molecule has 0 unspecified atom stereocenters. The summed E-state index contributed by atoms with van der Waals surface area (Å²) in [6.45, 7) is 0.634. The van der Waals surface area contributed by atoms with Crippen molar-refractivity contribution in [1.82, 2.24) is 5.32 Å². The predicted octanol–water partition coefficient (Wildman–Crippen LogP) is 1.80. The lowest BCUT2D eigenvalue weighted by Crippen LogP contribution is -2.25. The molecular formula is C13H16N2O. The van der Waals surface area contributed by atoms with Crippen molar-refractivity contribution < 1.29 is 4.79 Å². The number of hydrogen-bond donors (Lipinski definition) is 2. The van der Waals surface area contributed by atoms with Crippen LogP contribution in [0.1, 0.15) is 29.6 Å². The maximum atomic E-state index is 11.7. The third kappa shape index (κ3) is 3.66. The van der Waals surface area contributed by atoms with Gasteiger partial charge in [-0.25, -0.2) is 0 Å². The molecule has 0 aliphatic carbocycles. The highest BCUT2D eigenvalue weighted by Gasteiger charge is 2.06. The van der Waals surface area contributed by atoms with Gasteiger partial charge in [0.2, 0.25) is 0 Å². The first-order valence-electron chi connectivity index (χ1n) is 5.32. The number of nitrogen functional groups attached to an aromatic ring is 1. The van der Waals surface area contributed by atoms with Gasteiger partial charge in [0.15, 0.2) is 0 Å². The molecule has 0 aromatic heterocycles. The average molecular weight is 216 g/mol. The van der Waals surface area contributed by atoms with Crippen LogP contribution in [0.3, 0.4) is 0 Å². The maximum absolute atomic E-state index is 11.7. The summed E-state index contributed by atoms with van der Waals surface area (Å²) in [5, 5.41) is 2.81. The predicted molar refractivity (Wildman–Crippen MR) is 65.9 cm³/mol. The largest absolute Gasteiger partial charge is 0.398 e. The highest BCUT2D eigenvalue weighted by Crippen LogP contribution is 2.09. The summed E-state index contributed by atoms with van der Waals surface area (Å²) in [5.74, 6) is 2.44. The Morgan fingerprint density at radius 2 is 2.12 bits per heavy atom. The Morgan fingerprint density at radius 1 is 1.38 bits per heavy atom. The SMILES string of the molecule is C#CCCCCNC(=O)c1ccccc1N. The second-order valence-corrected chi connectivity index (χ2v) is 3.50. The number of terminal acetylenes is 1. The molecule has 0 atom stereocenters. The minimum absolute atomic E-state index is 0.126. The second-order valence-electron chi connectivity index (χ2n) is 3.50. The van der Waals surface area contributed by atoms with Crippen LogP contribution in [0.4, 0.5) is 5.69 Å². The Labute approximate surface area is 96.0 Å². The molecule has 3 N–H and O–H groups in total. The molecular weight excluding hydrogens is 200 g/mol. The molecule has 84 valence electrons. The number of unbranched alkanes of at least 4 members (excludes halogenated alkanes) is 2. The molecule has 0 spiro atoms. The van der Waals surface area contributed by atoms with Crippen molar-refractivity contribution in [2.45, 2.75) is 19.3 Å². The average Bonchev–Trinajstić information content (AvgIpc) is 2.29. The molecule has 0 saturated heterocycles. The molecule has 0 saturated carbocycles. The standard InChI is InChI=1S/C13H16N2O/c1-2-3-4-7-10-15-13(16)11-8-5-6-9-12(11)14/h1,5-6,8-9H,3-4,7,10,14H2,(H,15,16). The molecule has 16 heavy (non-hydrogen) atoms. The molecule has 1 aromatic carbocycles. The fraction of sp³-hybridized carbons (Fsp3) is 0.308. The van der Waals surface area contributed by atoms with Gasteiger partial charge in [-0.3, -0.25) is 4.79 Å². The van der Waals surface area contributed by atoms with E-state index in [1.165, 1.54) is 0 Å². The lowest BCUT2D eigenvalue weighted by Gasteiger charge is -2.06. The van der Waals surface area contributed by atoms with Gasteiger partial charge in [0.1, 0.15) is 0 Å². The van der Waals surface area contributed by atoms with Gasteiger partial charge >= 0.3 is 0 Å². The van der Waals surface area contributed by atoms with Crippen LogP contribution in [-0.2, 0) is 0 Å². The molecule has 0 bridgehead atoms. The van der Waals surface area contributed by atoms with E-state index in [4.69, 9.17) is 12.2 Å². The van der Waals surface area contributed by atoms with Crippen molar-refractivity contribution in [2.24, 2.45) is 0 Å². The van der Waals surface area contributed by atoms with Crippen molar-refractivity contribution in [3.63, 3.8) is 0 Å². The Balaban J connectivity index is 2.36. The molecule has 0 aliphatic heterocycles. The number of anilines is 1. The van der Waals surface area contributed by atoms with Gasteiger partial charge in [-0.2, -0.15) is 0 Å². The molecule has 0 aliphatic rings. The van der Waals surface area contributed by atoms with Gasteiger partial charge in [0, 0.05) is 18.7 Å². The number of nitrogens with one attached hydrogen (secondary N) is 1. The Kier molecular flexibility index (Phi) is 4.94. The van der Waals surface area contributed by atoms with Crippen LogP contribution in [0.25, 0.3) is 0 Å². The minimum Gasteiger partial charge on any atom is -0.398 e. The van der Waals surface area contributed by atoms with Crippen LogP contribution in [-0.4, -0.2) is 12.5 Å². The maximum Gasteiger partial charge on any atom is 0.253 e. The first kappa shape index (κ1) is 12.1. The van der Waals surface area contributed by atoms with Crippen molar-refractivity contribution in [1.29, 1.82) is 0 Å². The first-order chi connectivity index (χ1) is 7.75. The van der Waals surface area contributed by atoms with E-state index in [9.17, 15) is 4.79 Å². The summed E-state index contributed by atoms with van der Waals surface area (Å²) in [7, 11) is 0. The summed E-state index contributed by atoms with van der Waals surface area (Å²) in [6.07, 6.45) is 7.70. The Morgan fingerprint density at radius 3 is 2.81 bits per heavy atom. The summed E-state index contributed by atoms with van der Waals surface area (Å²) in [5.41, 5.74) is 6.72. The molecule has 0 fully saturated rings. The van der Waals surface area contributed by atoms with Crippen LogP contribution in [0.5, 0.6) is 0 Å². The van der Waals surface area contributed by atoms with Crippen molar-refractivity contribution >= 4 is 11.6 Å². The molecule has 0 heterocycles. The molecule has 1 aromatic rings. The zero-order chi connectivity index (χ0) is 11.8. The van der Waals surface area contributed by atoms with Gasteiger partial charge < -0.3 is 11.1 Å². The molecule has 1 amide bonds. The Bertz CT molecular complexity index is 393. The summed E-state index contributed by atoms with van der Waals surface area (Å²) >= 11 is 0. The number of amides is 1. The minimum atomic E-state index is -0.126. The lowest BCUT2D eigenvalue weighted by molar-refractivity contribution is 0.0954. The van der Waals surface area contributed by atoms with E-state index in [0.717, 1.165) is 19.3 Å². The monoisotopic (exact) mass is 216 g/mol. The van der Waals surface area contributed by atoms with Crippen LogP contribution < -0.4 is 11.1 Å². The van der Waals surface area contributed by atoms with Crippen molar-refractivity contribution in [3.8, 4) is 12.3 Å². The number of rotatable bonds is 5. The highest BCUT2D eigenvalue weighted by molar-refractivity contribution is 5.98. The fourth-order valence-corrected chi connectivity index (χ4v) is 1.35. The first-order valence-corrected chi connectivity index (χ1v) is 5.32. The fourth-order valence-electron chi connectivity index (χ4n) is 1.35. The van der Waals surface area contributed by atoms with Gasteiger partial charge in [0.25, 0.3) is 5.91 Å². The molecule has 0 radical (unpaired) electrons. The van der Waals surface area contributed by atoms with Crippen LogP contribution in [0, 0.1) is 12.3 Å². The van der Waals surface area contributed by atoms with E-state index in [0.29, 0.717) is 17.8 Å². The van der Waals surface area contributed by atoms with Gasteiger partial charge in [-0.05, 0) is 25.0 Å². The third-order valence-corrected chi connectivity index (χ3v) is 2.24. The number of carbonyl (C=O) groups is 1. The van der Waals surface area contributed by atoms with Crippen molar-refractivity contribution in [3.05, 3.63) is 29.8 Å². The smallest absolute Gasteiger partial charge is 0.253 e. The molecule has 1 rings (SSSR count). The van der Waals surface area contributed by atoms with Crippen molar-refractivity contribution in [2.75, 3.05) is 12.3 Å². The summed E-state index contributed by atoms with van der Waals surface area (Å²) in [6, 6.07) is 7.03. The van der Waals surface area contributed by atoms with E-state index >= 15 is 0 Å². The zero-order valence-electron chi connectivity index (χ0n) is 9.20. The van der Waals surface area contributed by atoms with Gasteiger partial charge in [0.05, 0.1) is 5.56 Å². The quantitative estimate of drug-likeness (QED) is 0.448. The third-order valence-electron chi connectivity index (χ3n) is 2.24. The number of benzene rings is 1. The highest BCUT2D eigenvalue weighted by atomic mass is 16.1. The van der Waals surface area contributed by atoms with Crippen LogP contribution in [0.2, 0.25) is 0 Å². The van der Waals surface area contributed by atoms with Gasteiger partial charge in [-0.15, -0.1) is 12.3 Å². The van der Waals surface area contributed by atoms with E-state index in [2.05, 4.69) is 11.2 Å². The second kappa shape index (κ2) is 6.52. The van der Waals surface area contributed by atoms with E-state index in [-0.39, 0.29) is 5.91 Å². The lowest BCUT2D eigenvalue weighted by atomic mass is 10.1. The van der Waals surface area contributed by atoms with E-state index in [1.54, 1.807) is 24.3 Å². The van der Waals surface area contributed by atoms with Crippen LogP contribution in [0.15, 0.2) is 24.3 Å². The van der Waals surface area contributed by atoms with E-state index in [1.807, 2.05) is 0 Å². The molecule has 3 heteroatoms. The number of carbonyl (C=O) groups excluding carboxylic acids is 1.